The van der Waals surface area contributed by atoms with Gasteiger partial charge in [0.05, 0.1) is 15.5 Å². The fourth-order valence-electron chi connectivity index (χ4n) is 5.98. The number of aromatic nitrogens is 1. The Labute approximate surface area is 228 Å². The summed E-state index contributed by atoms with van der Waals surface area (Å²) < 4.78 is 2.66. The van der Waals surface area contributed by atoms with Crippen LogP contribution in [0.2, 0.25) is 0 Å². The number of hydrogen-bond donors (Lipinski definition) is 0. The normalized spacial score (nSPS) is 20.0. The van der Waals surface area contributed by atoms with Crippen molar-refractivity contribution in [2.75, 3.05) is 24.5 Å². The zero-order valence-corrected chi connectivity index (χ0v) is 23.2. The molecule has 0 atom stereocenters. The summed E-state index contributed by atoms with van der Waals surface area (Å²) in [6.45, 7) is 6.37. The maximum Gasteiger partial charge on any atom is 0.294 e. The lowest BCUT2D eigenvalue weighted by Crippen LogP contribution is -2.30. The SMILES string of the molecule is Cc1cc(/C=C2\SC(=S)N(CCC3CCCC3)C2=O)c(C)n1-c1ccc(N2CCCCC2)c([N+](=O)[O-])c1. The Hall–Kier alpha value is -2.65. The number of nitrogens with zero attached hydrogens (tertiary/aromatic N) is 4. The van der Waals surface area contributed by atoms with E-state index in [1.165, 1.54) is 43.9 Å². The molecule has 2 saturated heterocycles. The van der Waals surface area contributed by atoms with Crippen molar-refractivity contribution >= 4 is 51.7 Å². The van der Waals surface area contributed by atoms with Crippen LogP contribution in [0.1, 0.15) is 68.3 Å². The largest absolute Gasteiger partial charge is 0.366 e. The van der Waals surface area contributed by atoms with Gasteiger partial charge in [-0.1, -0.05) is 49.7 Å². The molecule has 2 aromatic rings. The average Bonchev–Trinajstić information content (AvgIpc) is 3.57. The fourth-order valence-corrected chi connectivity index (χ4v) is 7.27. The summed E-state index contributed by atoms with van der Waals surface area (Å²) in [6, 6.07) is 7.55. The number of hydrogen-bond acceptors (Lipinski definition) is 6. The molecule has 0 spiro atoms. The van der Waals surface area contributed by atoms with Crippen molar-refractivity contribution in [3.8, 4) is 5.69 Å². The lowest BCUT2D eigenvalue weighted by atomic mass is 10.0. The van der Waals surface area contributed by atoms with Gasteiger partial charge in [0, 0.05) is 37.1 Å². The number of rotatable bonds is 7. The lowest BCUT2D eigenvalue weighted by Gasteiger charge is -2.28. The summed E-state index contributed by atoms with van der Waals surface area (Å²) in [5.74, 6) is 0.692. The maximum absolute atomic E-state index is 13.2. The van der Waals surface area contributed by atoms with Crippen LogP contribution >= 0.6 is 24.0 Å². The minimum absolute atomic E-state index is 0.0145. The number of carbonyl (C=O) groups excluding carboxylic acids is 1. The van der Waals surface area contributed by atoms with E-state index in [9.17, 15) is 14.9 Å². The first-order chi connectivity index (χ1) is 17.8. The molecule has 3 aliphatic rings. The predicted octanol–water partition coefficient (Wildman–Crippen LogP) is 6.77. The van der Waals surface area contributed by atoms with Gasteiger partial charge < -0.3 is 9.47 Å². The molecule has 5 rings (SSSR count). The molecule has 1 amide bonds. The molecule has 0 bridgehead atoms. The number of thioether (sulfide) groups is 1. The summed E-state index contributed by atoms with van der Waals surface area (Å²) in [5.41, 5.74) is 4.41. The summed E-state index contributed by atoms with van der Waals surface area (Å²) >= 11 is 6.92. The summed E-state index contributed by atoms with van der Waals surface area (Å²) in [4.78, 5) is 29.4. The number of piperidine rings is 1. The van der Waals surface area contributed by atoms with Crippen molar-refractivity contribution in [3.05, 3.63) is 56.2 Å². The molecular weight excluding hydrogens is 504 g/mol. The van der Waals surface area contributed by atoms with Gasteiger partial charge in [0.15, 0.2) is 0 Å². The highest BCUT2D eigenvalue weighted by atomic mass is 32.2. The van der Waals surface area contributed by atoms with Gasteiger partial charge in [-0.15, -0.1) is 0 Å². The predicted molar refractivity (Wildman–Crippen MR) is 154 cm³/mol. The summed E-state index contributed by atoms with van der Waals surface area (Å²) in [5, 5.41) is 12.0. The molecule has 0 N–H and O–H groups in total. The Kier molecular flexibility index (Phi) is 7.72. The van der Waals surface area contributed by atoms with Crippen molar-refractivity contribution in [1.82, 2.24) is 9.47 Å². The van der Waals surface area contributed by atoms with Gasteiger partial charge in [0.25, 0.3) is 11.6 Å². The van der Waals surface area contributed by atoms with Crippen molar-refractivity contribution in [3.63, 3.8) is 0 Å². The molecule has 9 heteroatoms. The molecule has 0 radical (unpaired) electrons. The molecule has 2 aliphatic heterocycles. The molecule has 0 unspecified atom stereocenters. The quantitative estimate of drug-likeness (QED) is 0.168. The summed E-state index contributed by atoms with van der Waals surface area (Å²) in [6.07, 6.45) is 11.3. The highest BCUT2D eigenvalue weighted by Gasteiger charge is 2.33. The zero-order chi connectivity index (χ0) is 26.1. The smallest absolute Gasteiger partial charge is 0.294 e. The molecule has 1 aromatic carbocycles. The molecule has 7 nitrogen and oxygen atoms in total. The van der Waals surface area contributed by atoms with Crippen LogP contribution in [0.25, 0.3) is 11.8 Å². The fraction of sp³-hybridized carbons (Fsp3) is 0.500. The van der Waals surface area contributed by atoms with Crippen molar-refractivity contribution < 1.29 is 9.72 Å². The van der Waals surface area contributed by atoms with Gasteiger partial charge in [-0.25, -0.2) is 0 Å². The van der Waals surface area contributed by atoms with Gasteiger partial charge >= 0.3 is 0 Å². The minimum atomic E-state index is -0.278. The zero-order valence-electron chi connectivity index (χ0n) is 21.6. The second-order valence-corrected chi connectivity index (χ2v) is 12.1. The number of amides is 1. The van der Waals surface area contributed by atoms with Gasteiger partial charge in [-0.05, 0) is 75.3 Å². The number of nitro groups is 1. The van der Waals surface area contributed by atoms with Gasteiger partial charge in [0.2, 0.25) is 0 Å². The minimum Gasteiger partial charge on any atom is -0.366 e. The van der Waals surface area contributed by atoms with Gasteiger partial charge in [-0.2, -0.15) is 0 Å². The van der Waals surface area contributed by atoms with Crippen molar-refractivity contribution in [2.24, 2.45) is 5.92 Å². The Morgan fingerprint density at radius 1 is 1.11 bits per heavy atom. The molecular formula is C28H34N4O3S2. The number of anilines is 1. The molecule has 1 aliphatic carbocycles. The van der Waals surface area contributed by atoms with Crippen LogP contribution < -0.4 is 4.90 Å². The topological polar surface area (TPSA) is 71.6 Å². The van der Waals surface area contributed by atoms with Crippen LogP contribution in [-0.4, -0.2) is 44.3 Å². The Bertz CT molecular complexity index is 1260. The molecule has 3 heterocycles. The number of nitro benzene ring substituents is 1. The van der Waals surface area contributed by atoms with E-state index in [0.29, 0.717) is 27.4 Å². The van der Waals surface area contributed by atoms with Crippen LogP contribution in [0.5, 0.6) is 0 Å². The maximum atomic E-state index is 13.2. The monoisotopic (exact) mass is 538 g/mol. The van der Waals surface area contributed by atoms with Crippen LogP contribution in [-0.2, 0) is 4.79 Å². The number of carbonyl (C=O) groups is 1. The van der Waals surface area contributed by atoms with E-state index in [1.54, 1.807) is 11.0 Å². The van der Waals surface area contributed by atoms with E-state index in [1.807, 2.05) is 42.7 Å². The molecule has 3 fully saturated rings. The standard InChI is InChI=1S/C28H34N4O3S2/c1-19-16-22(17-26-27(33)30(28(36)37-26)15-12-21-8-4-5-9-21)20(2)31(19)23-10-11-24(25(18-23)32(34)35)29-13-6-3-7-14-29/h10-11,16-18,21H,3-9,12-15H2,1-2H3/b26-17-. The third-order valence-electron chi connectivity index (χ3n) is 7.98. The van der Waals surface area contributed by atoms with Crippen LogP contribution in [0.4, 0.5) is 11.4 Å². The Morgan fingerprint density at radius 3 is 2.54 bits per heavy atom. The van der Waals surface area contributed by atoms with Gasteiger partial charge in [0.1, 0.15) is 10.0 Å². The molecule has 196 valence electrons. The second kappa shape index (κ2) is 11.0. The Morgan fingerprint density at radius 2 is 1.84 bits per heavy atom. The van der Waals surface area contributed by atoms with E-state index >= 15 is 0 Å². The molecule has 37 heavy (non-hydrogen) atoms. The Balaban J connectivity index is 1.40. The van der Waals surface area contributed by atoms with Crippen LogP contribution in [0.15, 0.2) is 29.2 Å². The first-order valence-corrected chi connectivity index (χ1v) is 14.5. The van der Waals surface area contributed by atoms with Crippen LogP contribution in [0, 0.1) is 29.9 Å². The highest BCUT2D eigenvalue weighted by Crippen LogP contribution is 2.37. The van der Waals surface area contributed by atoms with E-state index in [0.717, 1.165) is 55.0 Å². The first-order valence-electron chi connectivity index (χ1n) is 13.3. The van der Waals surface area contributed by atoms with E-state index in [4.69, 9.17) is 12.2 Å². The van der Waals surface area contributed by atoms with E-state index < -0.39 is 0 Å². The first kappa shape index (κ1) is 26.0. The van der Waals surface area contributed by atoms with E-state index in [2.05, 4.69) is 4.90 Å². The highest BCUT2D eigenvalue weighted by molar-refractivity contribution is 8.26. The molecule has 1 saturated carbocycles. The van der Waals surface area contributed by atoms with Crippen molar-refractivity contribution in [1.29, 1.82) is 0 Å². The van der Waals surface area contributed by atoms with Crippen LogP contribution in [0.3, 0.4) is 0 Å². The molecule has 1 aromatic heterocycles. The van der Waals surface area contributed by atoms with Gasteiger partial charge in [-0.3, -0.25) is 19.8 Å². The average molecular weight is 539 g/mol. The second-order valence-electron chi connectivity index (χ2n) is 10.4. The summed E-state index contributed by atoms with van der Waals surface area (Å²) in [7, 11) is 0. The third-order valence-corrected chi connectivity index (χ3v) is 9.35. The number of aryl methyl sites for hydroxylation is 1. The number of thiocarbonyl (C=S) groups is 1. The lowest BCUT2D eigenvalue weighted by molar-refractivity contribution is -0.384. The third kappa shape index (κ3) is 5.34. The number of benzene rings is 1. The van der Waals surface area contributed by atoms with Crippen molar-refractivity contribution in [2.45, 2.75) is 65.2 Å². The van der Waals surface area contributed by atoms with E-state index in [-0.39, 0.29) is 16.5 Å².